The van der Waals surface area contributed by atoms with E-state index in [0.717, 1.165) is 0 Å². The van der Waals surface area contributed by atoms with Gasteiger partial charge in [0.15, 0.2) is 0 Å². The van der Waals surface area contributed by atoms with E-state index in [1.165, 1.54) is 0 Å². The van der Waals surface area contributed by atoms with Crippen LogP contribution in [-0.2, 0) is 4.79 Å². The first kappa shape index (κ1) is 12.2. The molecule has 3 nitrogen and oxygen atoms in total. The smallest absolute Gasteiger partial charge is 0.320 e. The summed E-state index contributed by atoms with van der Waals surface area (Å²) in [5, 5.41) is 11.8. The molecule has 0 aliphatic heterocycles. The Morgan fingerprint density at radius 3 is 2.38 bits per heavy atom. The van der Waals surface area contributed by atoms with Crippen molar-refractivity contribution in [2.24, 2.45) is 5.92 Å². The Morgan fingerprint density at radius 2 is 2.08 bits per heavy atom. The lowest BCUT2D eigenvalue weighted by atomic mass is 10.0. The van der Waals surface area contributed by atoms with Gasteiger partial charge in [-0.3, -0.25) is 10.1 Å². The van der Waals surface area contributed by atoms with Crippen molar-refractivity contribution in [3.63, 3.8) is 0 Å². The molecule has 0 bridgehead atoms. The zero-order valence-electron chi connectivity index (χ0n) is 8.58. The first-order valence-corrected chi connectivity index (χ1v) is 4.58. The Labute approximate surface area is 79.8 Å². The summed E-state index contributed by atoms with van der Waals surface area (Å²) in [6.07, 6.45) is 2.35. The maximum absolute atomic E-state index is 10.8. The predicted molar refractivity (Wildman–Crippen MR) is 53.7 cm³/mol. The van der Waals surface area contributed by atoms with Crippen LogP contribution in [0.1, 0.15) is 27.2 Å². The Balaban J connectivity index is 4.09. The van der Waals surface area contributed by atoms with Crippen molar-refractivity contribution in [2.45, 2.75) is 39.3 Å². The van der Waals surface area contributed by atoms with Crippen LogP contribution in [0.2, 0.25) is 0 Å². The van der Waals surface area contributed by atoms with E-state index >= 15 is 0 Å². The van der Waals surface area contributed by atoms with E-state index in [9.17, 15) is 4.79 Å². The number of carbonyl (C=O) groups is 1. The van der Waals surface area contributed by atoms with Crippen LogP contribution in [0.3, 0.4) is 0 Å². The van der Waals surface area contributed by atoms with Crippen molar-refractivity contribution >= 4 is 5.97 Å². The lowest BCUT2D eigenvalue weighted by Gasteiger charge is -2.19. The van der Waals surface area contributed by atoms with E-state index in [1.54, 1.807) is 6.08 Å². The van der Waals surface area contributed by atoms with E-state index in [-0.39, 0.29) is 6.04 Å². The zero-order valence-corrected chi connectivity index (χ0v) is 8.58. The van der Waals surface area contributed by atoms with Gasteiger partial charge in [0.1, 0.15) is 6.04 Å². The summed E-state index contributed by atoms with van der Waals surface area (Å²) in [5.41, 5.74) is 0. The van der Waals surface area contributed by atoms with Gasteiger partial charge in [-0.05, 0) is 19.3 Å². The van der Waals surface area contributed by atoms with Crippen molar-refractivity contribution in [3.05, 3.63) is 12.7 Å². The predicted octanol–water partition coefficient (Wildman–Crippen LogP) is 1.65. The van der Waals surface area contributed by atoms with Crippen LogP contribution in [-0.4, -0.2) is 23.2 Å². The molecule has 0 aliphatic carbocycles. The monoisotopic (exact) mass is 185 g/mol. The highest BCUT2D eigenvalue weighted by Crippen LogP contribution is 2.05. The molecule has 76 valence electrons. The zero-order chi connectivity index (χ0) is 10.4. The third-order valence-corrected chi connectivity index (χ3v) is 1.82. The van der Waals surface area contributed by atoms with E-state index in [2.05, 4.69) is 11.9 Å². The van der Waals surface area contributed by atoms with Gasteiger partial charge in [0.25, 0.3) is 0 Å². The van der Waals surface area contributed by atoms with E-state index in [4.69, 9.17) is 5.11 Å². The Hall–Kier alpha value is -0.830. The molecule has 0 aromatic rings. The molecule has 0 saturated carbocycles. The minimum absolute atomic E-state index is 0.0415. The van der Waals surface area contributed by atoms with Gasteiger partial charge >= 0.3 is 5.97 Å². The average Bonchev–Trinajstić information content (AvgIpc) is 2.02. The molecule has 0 aromatic carbocycles. The van der Waals surface area contributed by atoms with Crippen LogP contribution in [0.4, 0.5) is 0 Å². The molecule has 0 rings (SSSR count). The summed E-state index contributed by atoms with van der Waals surface area (Å²) in [6, 6.07) is -0.423. The fourth-order valence-corrected chi connectivity index (χ4v) is 1.10. The standard InChI is InChI=1S/C10H19NO2/c1-5-8(4)11-9(10(12)13)6-7(2)3/h5,7-9,11H,1,6H2,2-4H3,(H,12,13). The number of hydrogen-bond donors (Lipinski definition) is 2. The number of nitrogens with one attached hydrogen (secondary N) is 1. The fraction of sp³-hybridized carbons (Fsp3) is 0.700. The molecular weight excluding hydrogens is 166 g/mol. The summed E-state index contributed by atoms with van der Waals surface area (Å²) < 4.78 is 0. The highest BCUT2D eigenvalue weighted by molar-refractivity contribution is 5.73. The second-order valence-electron chi connectivity index (χ2n) is 3.71. The first-order chi connectivity index (χ1) is 5.97. The van der Waals surface area contributed by atoms with E-state index in [0.29, 0.717) is 12.3 Å². The second kappa shape index (κ2) is 5.75. The van der Waals surface area contributed by atoms with Crippen molar-refractivity contribution < 1.29 is 9.90 Å². The normalized spacial score (nSPS) is 15.4. The summed E-state index contributed by atoms with van der Waals surface area (Å²) in [5.74, 6) is -0.409. The van der Waals surface area contributed by atoms with Crippen LogP contribution in [0.25, 0.3) is 0 Å². The summed E-state index contributed by atoms with van der Waals surface area (Å²) in [4.78, 5) is 10.8. The van der Waals surface area contributed by atoms with Crippen molar-refractivity contribution in [1.82, 2.24) is 5.32 Å². The Kier molecular flexibility index (Phi) is 5.39. The maximum Gasteiger partial charge on any atom is 0.320 e. The molecule has 0 aliphatic rings. The minimum atomic E-state index is -0.789. The van der Waals surface area contributed by atoms with Crippen LogP contribution < -0.4 is 5.32 Å². The van der Waals surface area contributed by atoms with Gasteiger partial charge in [0.2, 0.25) is 0 Å². The van der Waals surface area contributed by atoms with Gasteiger partial charge in [0.05, 0.1) is 0 Å². The van der Waals surface area contributed by atoms with Crippen molar-refractivity contribution in [1.29, 1.82) is 0 Å². The topological polar surface area (TPSA) is 49.3 Å². The number of rotatable bonds is 6. The summed E-state index contributed by atoms with van der Waals surface area (Å²) in [7, 11) is 0. The van der Waals surface area contributed by atoms with E-state index in [1.807, 2.05) is 20.8 Å². The third kappa shape index (κ3) is 5.42. The van der Waals surface area contributed by atoms with Gasteiger partial charge < -0.3 is 5.11 Å². The van der Waals surface area contributed by atoms with Crippen molar-refractivity contribution in [2.75, 3.05) is 0 Å². The molecule has 0 spiro atoms. The Bertz CT molecular complexity index is 178. The molecule has 2 unspecified atom stereocenters. The fourth-order valence-electron chi connectivity index (χ4n) is 1.10. The molecule has 0 amide bonds. The molecular formula is C10H19NO2. The van der Waals surface area contributed by atoms with Crippen LogP contribution in [0.5, 0.6) is 0 Å². The molecule has 13 heavy (non-hydrogen) atoms. The third-order valence-electron chi connectivity index (χ3n) is 1.82. The number of carboxylic acids is 1. The summed E-state index contributed by atoms with van der Waals surface area (Å²) >= 11 is 0. The molecule has 0 saturated heterocycles. The second-order valence-corrected chi connectivity index (χ2v) is 3.71. The van der Waals surface area contributed by atoms with Crippen LogP contribution in [0.15, 0.2) is 12.7 Å². The maximum atomic E-state index is 10.8. The average molecular weight is 185 g/mol. The molecule has 0 fully saturated rings. The van der Waals surface area contributed by atoms with Crippen LogP contribution in [0, 0.1) is 5.92 Å². The van der Waals surface area contributed by atoms with Gasteiger partial charge in [-0.2, -0.15) is 0 Å². The molecule has 0 aromatic heterocycles. The molecule has 2 atom stereocenters. The number of hydrogen-bond acceptors (Lipinski definition) is 2. The van der Waals surface area contributed by atoms with E-state index < -0.39 is 12.0 Å². The number of carboxylic acid groups (broad SMARTS) is 1. The molecule has 0 heterocycles. The lowest BCUT2D eigenvalue weighted by molar-refractivity contribution is -0.140. The Morgan fingerprint density at radius 1 is 1.54 bits per heavy atom. The lowest BCUT2D eigenvalue weighted by Crippen LogP contribution is -2.42. The quantitative estimate of drug-likeness (QED) is 0.619. The van der Waals surface area contributed by atoms with Gasteiger partial charge in [-0.15, -0.1) is 6.58 Å². The molecule has 3 heteroatoms. The van der Waals surface area contributed by atoms with Crippen molar-refractivity contribution in [3.8, 4) is 0 Å². The first-order valence-electron chi connectivity index (χ1n) is 4.58. The number of aliphatic carboxylic acids is 1. The highest BCUT2D eigenvalue weighted by Gasteiger charge is 2.19. The molecule has 0 radical (unpaired) electrons. The largest absolute Gasteiger partial charge is 0.480 e. The highest BCUT2D eigenvalue weighted by atomic mass is 16.4. The summed E-state index contributed by atoms with van der Waals surface area (Å²) in [6.45, 7) is 9.51. The van der Waals surface area contributed by atoms with Crippen LogP contribution >= 0.6 is 0 Å². The minimum Gasteiger partial charge on any atom is -0.480 e. The van der Waals surface area contributed by atoms with Gasteiger partial charge in [-0.1, -0.05) is 19.9 Å². The van der Waals surface area contributed by atoms with Gasteiger partial charge in [0, 0.05) is 6.04 Å². The van der Waals surface area contributed by atoms with Gasteiger partial charge in [-0.25, -0.2) is 0 Å². The SMILES string of the molecule is C=CC(C)NC(CC(C)C)C(=O)O. The molecule has 2 N–H and O–H groups in total.